The molecule has 1 aromatic rings. The van der Waals surface area contributed by atoms with Crippen LogP contribution in [0.15, 0.2) is 24.3 Å². The lowest BCUT2D eigenvalue weighted by Crippen LogP contribution is -2.47. The molecule has 3 rings (SSSR count). The number of β-amino-alcohol motifs (C(OH)–C–C–N with tert-alkyl or cyclic N) is 1. The Bertz CT molecular complexity index is 662. The highest BCUT2D eigenvalue weighted by atomic mass is 32.2. The average Bonchev–Trinajstić information content (AvgIpc) is 2.90. The molecule has 2 aliphatic heterocycles. The molecular formula is C17H26N2O3S. The second kappa shape index (κ2) is 6.51. The molecule has 0 saturated carbocycles. The van der Waals surface area contributed by atoms with Gasteiger partial charge in [0, 0.05) is 32.7 Å². The molecule has 128 valence electrons. The Balaban J connectivity index is 1.63. The van der Waals surface area contributed by atoms with E-state index >= 15 is 0 Å². The first kappa shape index (κ1) is 16.9. The fourth-order valence-corrected chi connectivity index (χ4v) is 5.26. The minimum absolute atomic E-state index is 0.167. The molecule has 0 aliphatic carbocycles. The van der Waals surface area contributed by atoms with Crippen LogP contribution >= 0.6 is 0 Å². The summed E-state index contributed by atoms with van der Waals surface area (Å²) in [6, 6.07) is 8.41. The van der Waals surface area contributed by atoms with E-state index in [9.17, 15) is 13.5 Å². The fraction of sp³-hybridized carbons (Fsp3) is 0.647. The zero-order chi connectivity index (χ0) is 16.5. The largest absolute Gasteiger partial charge is 0.387 e. The van der Waals surface area contributed by atoms with Crippen LogP contribution in [0.1, 0.15) is 30.9 Å². The summed E-state index contributed by atoms with van der Waals surface area (Å²) < 4.78 is 25.8. The highest BCUT2D eigenvalue weighted by Crippen LogP contribution is 2.27. The Hall–Kier alpha value is -0.950. The molecule has 5 nitrogen and oxygen atoms in total. The van der Waals surface area contributed by atoms with Crippen LogP contribution in [0.2, 0.25) is 0 Å². The average molecular weight is 338 g/mol. The second-order valence-corrected chi connectivity index (χ2v) is 8.94. The third kappa shape index (κ3) is 3.76. The molecule has 0 radical (unpaired) electrons. The van der Waals surface area contributed by atoms with E-state index < -0.39 is 15.6 Å². The summed E-state index contributed by atoms with van der Waals surface area (Å²) in [7, 11) is -3.22. The summed E-state index contributed by atoms with van der Waals surface area (Å²) >= 11 is 0. The van der Waals surface area contributed by atoms with Gasteiger partial charge in [0.05, 0.1) is 11.4 Å². The first-order chi connectivity index (χ1) is 10.9. The monoisotopic (exact) mass is 338 g/mol. The number of nitrogens with zero attached hydrogens (tertiary/aromatic N) is 2. The van der Waals surface area contributed by atoms with Gasteiger partial charge in [-0.25, -0.2) is 8.42 Å². The Labute approximate surface area is 139 Å². The number of hydrogen-bond acceptors (Lipinski definition) is 4. The third-order valence-electron chi connectivity index (χ3n) is 4.88. The number of rotatable bonds is 5. The summed E-state index contributed by atoms with van der Waals surface area (Å²) in [5, 5.41) is 10.8. The highest BCUT2D eigenvalue weighted by Gasteiger charge is 2.42. The van der Waals surface area contributed by atoms with E-state index in [0.29, 0.717) is 25.9 Å². The molecule has 6 heteroatoms. The van der Waals surface area contributed by atoms with Gasteiger partial charge in [-0.15, -0.1) is 0 Å². The van der Waals surface area contributed by atoms with Crippen molar-refractivity contribution in [3.8, 4) is 0 Å². The lowest BCUT2D eigenvalue weighted by molar-refractivity contribution is 0.0127. The fourth-order valence-electron chi connectivity index (χ4n) is 3.68. The SMILES string of the molecule is CCCS(=O)(=O)N1CC[C@@](O)(CN2CCc3ccccc3C2)C1. The van der Waals surface area contributed by atoms with Crippen molar-refractivity contribution >= 4 is 10.0 Å². The zero-order valence-electron chi connectivity index (χ0n) is 13.7. The van der Waals surface area contributed by atoms with Gasteiger partial charge in [-0.05, 0) is 30.4 Å². The molecule has 1 aromatic carbocycles. The number of hydrogen-bond donors (Lipinski definition) is 1. The molecule has 2 aliphatic rings. The lowest BCUT2D eigenvalue weighted by atomic mass is 9.97. The first-order valence-electron chi connectivity index (χ1n) is 8.41. The molecule has 0 bridgehead atoms. The highest BCUT2D eigenvalue weighted by molar-refractivity contribution is 7.89. The summed E-state index contributed by atoms with van der Waals surface area (Å²) in [6.45, 7) is 4.82. The molecule has 0 spiro atoms. The van der Waals surface area contributed by atoms with Crippen molar-refractivity contribution in [1.82, 2.24) is 9.21 Å². The molecule has 1 saturated heterocycles. The van der Waals surface area contributed by atoms with Crippen LogP contribution in [0.25, 0.3) is 0 Å². The first-order valence-corrected chi connectivity index (χ1v) is 10.0. The maximum Gasteiger partial charge on any atom is 0.214 e. The predicted molar refractivity (Wildman–Crippen MR) is 90.6 cm³/mol. The molecule has 0 amide bonds. The van der Waals surface area contributed by atoms with Crippen LogP contribution in [0.3, 0.4) is 0 Å². The van der Waals surface area contributed by atoms with Crippen LogP contribution in [-0.4, -0.2) is 60.3 Å². The van der Waals surface area contributed by atoms with Crippen LogP contribution < -0.4 is 0 Å². The second-order valence-electron chi connectivity index (χ2n) is 6.85. The number of benzene rings is 1. The predicted octanol–water partition coefficient (Wildman–Crippen LogP) is 1.22. The summed E-state index contributed by atoms with van der Waals surface area (Å²) in [4.78, 5) is 2.25. The minimum atomic E-state index is -3.22. The van der Waals surface area contributed by atoms with E-state index in [1.165, 1.54) is 15.4 Å². The molecule has 23 heavy (non-hydrogen) atoms. The van der Waals surface area contributed by atoms with E-state index in [1.54, 1.807) is 0 Å². The van der Waals surface area contributed by atoms with Crippen LogP contribution in [0, 0.1) is 0 Å². The van der Waals surface area contributed by atoms with Crippen molar-refractivity contribution in [1.29, 1.82) is 0 Å². The van der Waals surface area contributed by atoms with Crippen molar-refractivity contribution < 1.29 is 13.5 Å². The number of aliphatic hydroxyl groups is 1. The molecule has 2 heterocycles. The van der Waals surface area contributed by atoms with E-state index in [2.05, 4.69) is 23.1 Å². The van der Waals surface area contributed by atoms with Gasteiger partial charge in [0.2, 0.25) is 10.0 Å². The smallest absolute Gasteiger partial charge is 0.214 e. The Morgan fingerprint density at radius 3 is 2.70 bits per heavy atom. The van der Waals surface area contributed by atoms with E-state index in [-0.39, 0.29) is 12.3 Å². The maximum atomic E-state index is 12.2. The third-order valence-corrected chi connectivity index (χ3v) is 6.90. The summed E-state index contributed by atoms with van der Waals surface area (Å²) in [5.74, 6) is 0.167. The lowest BCUT2D eigenvalue weighted by Gasteiger charge is -2.34. The van der Waals surface area contributed by atoms with Crippen molar-refractivity contribution in [2.45, 2.75) is 38.3 Å². The molecular weight excluding hydrogens is 312 g/mol. The summed E-state index contributed by atoms with van der Waals surface area (Å²) in [5.41, 5.74) is 1.78. The number of fused-ring (bicyclic) bond motifs is 1. The van der Waals surface area contributed by atoms with Gasteiger partial charge in [-0.2, -0.15) is 4.31 Å². The molecule has 0 aromatic heterocycles. The summed E-state index contributed by atoms with van der Waals surface area (Å²) in [6.07, 6.45) is 2.12. The van der Waals surface area contributed by atoms with Gasteiger partial charge in [0.1, 0.15) is 0 Å². The maximum absolute atomic E-state index is 12.2. The zero-order valence-corrected chi connectivity index (χ0v) is 14.6. The normalized spacial score (nSPS) is 26.3. The minimum Gasteiger partial charge on any atom is -0.387 e. The van der Waals surface area contributed by atoms with Gasteiger partial charge in [0.15, 0.2) is 0 Å². The van der Waals surface area contributed by atoms with Crippen molar-refractivity contribution in [3.63, 3.8) is 0 Å². The topological polar surface area (TPSA) is 60.9 Å². The quantitative estimate of drug-likeness (QED) is 0.877. The standard InChI is InChI=1S/C17H26N2O3S/c1-2-11-23(21,22)19-10-8-17(20,14-19)13-18-9-7-15-5-3-4-6-16(15)12-18/h3-6,20H,2,7-14H2,1H3/t17-/m1/s1. The van der Waals surface area contributed by atoms with Crippen LogP contribution in [0.5, 0.6) is 0 Å². The van der Waals surface area contributed by atoms with Crippen LogP contribution in [-0.2, 0) is 23.0 Å². The Morgan fingerprint density at radius 2 is 1.96 bits per heavy atom. The Morgan fingerprint density at radius 1 is 1.22 bits per heavy atom. The van der Waals surface area contributed by atoms with Crippen LogP contribution in [0.4, 0.5) is 0 Å². The molecule has 0 unspecified atom stereocenters. The molecule has 1 atom stereocenters. The van der Waals surface area contributed by atoms with Gasteiger partial charge in [0.25, 0.3) is 0 Å². The molecule has 1 N–H and O–H groups in total. The van der Waals surface area contributed by atoms with Gasteiger partial charge in [-0.1, -0.05) is 31.2 Å². The Kier molecular flexibility index (Phi) is 4.78. The van der Waals surface area contributed by atoms with Crippen molar-refractivity contribution in [3.05, 3.63) is 35.4 Å². The number of sulfonamides is 1. The van der Waals surface area contributed by atoms with Crippen molar-refractivity contribution in [2.75, 3.05) is 31.9 Å². The molecule has 1 fully saturated rings. The van der Waals surface area contributed by atoms with E-state index in [1.807, 2.05) is 13.0 Å². The van der Waals surface area contributed by atoms with Gasteiger partial charge in [-0.3, -0.25) is 4.90 Å². The van der Waals surface area contributed by atoms with Gasteiger partial charge < -0.3 is 5.11 Å². The van der Waals surface area contributed by atoms with Crippen molar-refractivity contribution in [2.24, 2.45) is 0 Å². The van der Waals surface area contributed by atoms with E-state index in [0.717, 1.165) is 19.5 Å². The van der Waals surface area contributed by atoms with E-state index in [4.69, 9.17) is 0 Å². The van der Waals surface area contributed by atoms with Gasteiger partial charge >= 0.3 is 0 Å².